The monoisotopic (exact) mass is 320 g/mol. The van der Waals surface area contributed by atoms with Crippen molar-refractivity contribution in [2.24, 2.45) is 0 Å². The fourth-order valence-corrected chi connectivity index (χ4v) is 3.02. The number of alkyl halides is 3. The van der Waals surface area contributed by atoms with Crippen molar-refractivity contribution in [1.29, 1.82) is 0 Å². The minimum Gasteiger partial charge on any atom is -0.343 e. The molecule has 2 heterocycles. The van der Waals surface area contributed by atoms with Gasteiger partial charge in [-0.25, -0.2) is 4.98 Å². The van der Waals surface area contributed by atoms with Gasteiger partial charge in [0.05, 0.1) is 6.20 Å². The molecule has 1 aromatic heterocycles. The third kappa shape index (κ3) is 2.12. The Labute approximate surface area is 123 Å². The van der Waals surface area contributed by atoms with Crippen molar-refractivity contribution in [2.45, 2.75) is 31.0 Å². The lowest BCUT2D eigenvalue weighted by Gasteiger charge is -2.53. The quantitative estimate of drug-likeness (QED) is 0.746. The molecule has 1 fully saturated rings. The Balaban J connectivity index is 2.11. The van der Waals surface area contributed by atoms with Crippen LogP contribution in [0.1, 0.15) is 19.3 Å². The highest BCUT2D eigenvalue weighted by Crippen LogP contribution is 2.48. The highest BCUT2D eigenvalue weighted by molar-refractivity contribution is 6.28. The van der Waals surface area contributed by atoms with Crippen LogP contribution in [0.3, 0.4) is 0 Å². The van der Waals surface area contributed by atoms with Crippen LogP contribution in [0.5, 0.6) is 0 Å². The van der Waals surface area contributed by atoms with Crippen LogP contribution in [-0.4, -0.2) is 41.2 Å². The molecule has 0 saturated heterocycles. The zero-order chi connectivity index (χ0) is 15.4. The molecule has 0 aromatic carbocycles. The lowest BCUT2D eigenvalue weighted by Crippen LogP contribution is -2.67. The molecule has 0 N–H and O–H groups in total. The minimum atomic E-state index is -4.49. The predicted octanol–water partition coefficient (Wildman–Crippen LogP) is 2.40. The number of anilines is 2. The fourth-order valence-electron chi connectivity index (χ4n) is 2.89. The molecule has 0 bridgehead atoms. The van der Waals surface area contributed by atoms with Gasteiger partial charge in [-0.05, 0) is 30.9 Å². The minimum absolute atomic E-state index is 0.0433. The van der Waals surface area contributed by atoms with E-state index in [9.17, 15) is 18.0 Å². The van der Waals surface area contributed by atoms with Gasteiger partial charge in [0.25, 0.3) is 5.91 Å². The average molecular weight is 321 g/mol. The first kappa shape index (κ1) is 14.4. The van der Waals surface area contributed by atoms with E-state index in [0.29, 0.717) is 12.8 Å². The molecule has 1 amide bonds. The number of rotatable bonds is 1. The van der Waals surface area contributed by atoms with E-state index < -0.39 is 24.2 Å². The van der Waals surface area contributed by atoms with Crippen LogP contribution in [0.15, 0.2) is 6.20 Å². The van der Waals surface area contributed by atoms with E-state index in [1.807, 2.05) is 0 Å². The van der Waals surface area contributed by atoms with Crippen LogP contribution >= 0.6 is 11.6 Å². The largest absolute Gasteiger partial charge is 0.406 e. The molecule has 0 radical (unpaired) electrons. The maximum atomic E-state index is 12.8. The number of aromatic nitrogens is 2. The first-order chi connectivity index (χ1) is 9.74. The van der Waals surface area contributed by atoms with Gasteiger partial charge >= 0.3 is 6.18 Å². The van der Waals surface area contributed by atoms with Gasteiger partial charge < -0.3 is 4.90 Å². The van der Waals surface area contributed by atoms with E-state index in [1.165, 1.54) is 0 Å². The van der Waals surface area contributed by atoms with Gasteiger partial charge in [0, 0.05) is 7.05 Å². The number of hydrogen-bond acceptors (Lipinski definition) is 4. The number of fused-ring (bicyclic) bond motifs is 1. The summed E-state index contributed by atoms with van der Waals surface area (Å²) < 4.78 is 38.4. The second-order valence-electron chi connectivity index (χ2n) is 5.30. The van der Waals surface area contributed by atoms with Gasteiger partial charge in [-0.15, -0.1) is 0 Å². The van der Waals surface area contributed by atoms with Gasteiger partial charge in [0.1, 0.15) is 17.8 Å². The molecule has 21 heavy (non-hydrogen) atoms. The van der Waals surface area contributed by atoms with E-state index in [0.717, 1.165) is 17.5 Å². The smallest absolute Gasteiger partial charge is 0.343 e. The maximum absolute atomic E-state index is 12.8. The Morgan fingerprint density at radius 2 is 2.10 bits per heavy atom. The molecular weight excluding hydrogens is 309 g/mol. The van der Waals surface area contributed by atoms with Crippen molar-refractivity contribution in [2.75, 3.05) is 23.4 Å². The first-order valence-electron chi connectivity index (χ1n) is 6.40. The molecule has 1 aliphatic heterocycles. The molecule has 5 nitrogen and oxygen atoms in total. The van der Waals surface area contributed by atoms with E-state index in [1.54, 1.807) is 11.9 Å². The number of nitrogens with zero attached hydrogens (tertiary/aromatic N) is 4. The number of hydrogen-bond donors (Lipinski definition) is 0. The van der Waals surface area contributed by atoms with E-state index in [2.05, 4.69) is 9.97 Å². The number of carbonyl (C=O) groups excluding carboxylic acids is 1. The summed E-state index contributed by atoms with van der Waals surface area (Å²) in [6.45, 7) is -1.35. The van der Waals surface area contributed by atoms with E-state index in [-0.39, 0.29) is 16.8 Å². The van der Waals surface area contributed by atoms with Crippen molar-refractivity contribution in [3.05, 3.63) is 11.5 Å². The normalized spacial score (nSPS) is 20.5. The lowest BCUT2D eigenvalue weighted by molar-refractivity contribution is -0.138. The van der Waals surface area contributed by atoms with Crippen molar-refractivity contribution in [1.82, 2.24) is 9.97 Å². The number of likely N-dealkylation sites (N-methyl/N-ethyl adjacent to an activating group) is 1. The van der Waals surface area contributed by atoms with E-state index in [4.69, 9.17) is 11.6 Å². The third-order valence-corrected chi connectivity index (χ3v) is 4.31. The van der Waals surface area contributed by atoms with Crippen molar-refractivity contribution < 1.29 is 18.0 Å². The number of amides is 1. The average Bonchev–Trinajstić information content (AvgIpc) is 2.32. The van der Waals surface area contributed by atoms with Crippen LogP contribution in [-0.2, 0) is 4.79 Å². The number of halogens is 4. The zero-order valence-corrected chi connectivity index (χ0v) is 11.9. The summed E-state index contributed by atoms with van der Waals surface area (Å²) in [7, 11) is 1.66. The Kier molecular flexibility index (Phi) is 3.05. The Hall–Kier alpha value is -1.57. The van der Waals surface area contributed by atoms with E-state index >= 15 is 0 Å². The van der Waals surface area contributed by atoms with Gasteiger partial charge in [-0.3, -0.25) is 9.69 Å². The van der Waals surface area contributed by atoms with Crippen LogP contribution < -0.4 is 9.80 Å². The molecule has 1 saturated carbocycles. The van der Waals surface area contributed by atoms with Gasteiger partial charge in [-0.1, -0.05) is 0 Å². The van der Waals surface area contributed by atoms with Crippen LogP contribution in [0.25, 0.3) is 0 Å². The number of carbonyl (C=O) groups is 1. The second kappa shape index (κ2) is 4.46. The standard InChI is InChI=1S/C12H12ClF3N4O/c1-19-8-7(5-17-10(13)18-8)20(6-12(14,15)16)9(21)11(19)3-2-4-11/h5H,2-4,6H2,1H3. The van der Waals surface area contributed by atoms with Crippen LogP contribution in [0.2, 0.25) is 5.28 Å². The highest BCUT2D eigenvalue weighted by atomic mass is 35.5. The van der Waals surface area contributed by atoms with Crippen LogP contribution in [0, 0.1) is 0 Å². The summed E-state index contributed by atoms with van der Waals surface area (Å²) in [5.41, 5.74) is -0.891. The molecule has 2 aliphatic rings. The molecule has 0 unspecified atom stereocenters. The summed E-state index contributed by atoms with van der Waals surface area (Å²) in [6, 6.07) is 0. The molecular formula is C12H12ClF3N4O. The van der Waals surface area contributed by atoms with Gasteiger partial charge in [0.15, 0.2) is 5.82 Å². The molecule has 1 spiro atoms. The summed E-state index contributed by atoms with van der Waals surface area (Å²) in [6.07, 6.45) is -1.51. The van der Waals surface area contributed by atoms with Crippen molar-refractivity contribution in [3.63, 3.8) is 0 Å². The summed E-state index contributed by atoms with van der Waals surface area (Å²) in [5.74, 6) is -0.287. The maximum Gasteiger partial charge on any atom is 0.406 e. The lowest BCUT2D eigenvalue weighted by atomic mass is 9.73. The summed E-state index contributed by atoms with van der Waals surface area (Å²) in [5, 5.41) is -0.0589. The summed E-state index contributed by atoms with van der Waals surface area (Å²) in [4.78, 5) is 22.6. The van der Waals surface area contributed by atoms with Crippen LogP contribution in [0.4, 0.5) is 24.7 Å². The molecule has 9 heteroatoms. The molecule has 0 atom stereocenters. The SMILES string of the molecule is CN1c2nc(Cl)ncc2N(CC(F)(F)F)C(=O)C12CCC2. The Morgan fingerprint density at radius 3 is 2.62 bits per heavy atom. The molecule has 1 aromatic rings. The van der Waals surface area contributed by atoms with Crippen molar-refractivity contribution >= 4 is 29.0 Å². The highest BCUT2D eigenvalue weighted by Gasteiger charge is 2.55. The topological polar surface area (TPSA) is 49.3 Å². The summed E-state index contributed by atoms with van der Waals surface area (Å²) >= 11 is 5.74. The molecule has 1 aliphatic carbocycles. The molecule has 114 valence electrons. The predicted molar refractivity (Wildman–Crippen MR) is 70.4 cm³/mol. The Morgan fingerprint density at radius 1 is 1.43 bits per heavy atom. The first-order valence-corrected chi connectivity index (χ1v) is 6.77. The third-order valence-electron chi connectivity index (χ3n) is 4.13. The van der Waals surface area contributed by atoms with Crippen molar-refractivity contribution in [3.8, 4) is 0 Å². The van der Waals surface area contributed by atoms with Gasteiger partial charge in [0.2, 0.25) is 5.28 Å². The zero-order valence-electron chi connectivity index (χ0n) is 11.1. The van der Waals surface area contributed by atoms with Gasteiger partial charge in [-0.2, -0.15) is 18.2 Å². The fraction of sp³-hybridized carbons (Fsp3) is 0.583. The molecule has 3 rings (SSSR count). The Bertz CT molecular complexity index is 603. The second-order valence-corrected chi connectivity index (χ2v) is 5.64.